The quantitative estimate of drug-likeness (QED) is 0.252. The second kappa shape index (κ2) is 12.0. The maximum atomic E-state index is 11.6. The lowest BCUT2D eigenvalue weighted by Gasteiger charge is -2.13. The van der Waals surface area contributed by atoms with Crippen LogP contribution in [0.5, 0.6) is 0 Å². The average Bonchev–Trinajstić information content (AvgIpc) is 2.50. The zero-order valence-electron chi connectivity index (χ0n) is 16.3. The molecule has 0 saturated heterocycles. The van der Waals surface area contributed by atoms with Gasteiger partial charge >= 0.3 is 11.9 Å². The minimum absolute atomic E-state index is 0.382. The van der Waals surface area contributed by atoms with Gasteiger partial charge < -0.3 is 14.2 Å². The summed E-state index contributed by atoms with van der Waals surface area (Å²) in [6.45, 7) is 19.6. The SMILES string of the molecule is C=C(C)C(=O)OC(CCOCCC(OC(=O)C(=C)C)=[Si](C)C)=[Si](C)C. The highest BCUT2D eigenvalue weighted by molar-refractivity contribution is 6.68. The summed E-state index contributed by atoms with van der Waals surface area (Å²) in [6.07, 6.45) is 1.16. The van der Waals surface area contributed by atoms with Gasteiger partial charge in [0.15, 0.2) is 0 Å². The van der Waals surface area contributed by atoms with Crippen LogP contribution in [0.25, 0.3) is 0 Å². The summed E-state index contributed by atoms with van der Waals surface area (Å²) in [7, 11) is -1.74. The zero-order valence-corrected chi connectivity index (χ0v) is 18.3. The van der Waals surface area contributed by atoms with Gasteiger partial charge in [-0.05, 0) is 13.8 Å². The summed E-state index contributed by atoms with van der Waals surface area (Å²) in [5.74, 6) is -0.763. The molecule has 0 heterocycles. The molecule has 0 aliphatic rings. The number of hydrogen-bond acceptors (Lipinski definition) is 5. The van der Waals surface area contributed by atoms with Crippen molar-refractivity contribution in [3.8, 4) is 0 Å². The number of ether oxygens (including phenoxy) is 3. The summed E-state index contributed by atoms with van der Waals surface area (Å²) < 4.78 is 16.4. The van der Waals surface area contributed by atoms with Crippen molar-refractivity contribution < 1.29 is 23.8 Å². The molecule has 0 aliphatic carbocycles. The molecule has 0 aliphatic heterocycles. The molecule has 7 heteroatoms. The van der Waals surface area contributed by atoms with Crippen LogP contribution in [0.4, 0.5) is 0 Å². The van der Waals surface area contributed by atoms with Gasteiger partial charge in [-0.25, -0.2) is 9.59 Å². The molecule has 25 heavy (non-hydrogen) atoms. The second-order valence-corrected chi connectivity index (χ2v) is 11.4. The van der Waals surface area contributed by atoms with Crippen molar-refractivity contribution in [3.63, 3.8) is 0 Å². The molecule has 0 aromatic carbocycles. The molecule has 0 spiro atoms. The van der Waals surface area contributed by atoms with Crippen molar-refractivity contribution in [2.75, 3.05) is 13.2 Å². The van der Waals surface area contributed by atoms with Crippen molar-refractivity contribution in [2.24, 2.45) is 0 Å². The van der Waals surface area contributed by atoms with E-state index in [1.807, 2.05) is 0 Å². The summed E-state index contributed by atoms with van der Waals surface area (Å²) in [5.41, 5.74) is 0.779. The van der Waals surface area contributed by atoms with Crippen molar-refractivity contribution in [1.82, 2.24) is 0 Å². The third kappa shape index (κ3) is 10.2. The molecule has 0 atom stereocenters. The second-order valence-electron chi connectivity index (χ2n) is 6.30. The molecule has 0 aromatic rings. The van der Waals surface area contributed by atoms with E-state index in [4.69, 9.17) is 14.2 Å². The monoisotopic (exact) mass is 382 g/mol. The van der Waals surface area contributed by atoms with Gasteiger partial charge in [0.25, 0.3) is 0 Å². The van der Waals surface area contributed by atoms with Crippen LogP contribution >= 0.6 is 0 Å². The third-order valence-corrected chi connectivity index (χ3v) is 6.13. The summed E-state index contributed by atoms with van der Waals surface area (Å²) in [4.78, 5) is 23.3. The molecule has 140 valence electrons. The highest BCUT2D eigenvalue weighted by Gasteiger charge is 2.11. The number of rotatable bonds is 10. The van der Waals surface area contributed by atoms with Crippen molar-refractivity contribution in [1.29, 1.82) is 0 Å². The van der Waals surface area contributed by atoms with Crippen molar-refractivity contribution >= 4 is 39.5 Å². The predicted octanol–water partition coefficient (Wildman–Crippen LogP) is 2.95. The first-order valence-corrected chi connectivity index (χ1v) is 13.2. The minimum atomic E-state index is -0.869. The number of esters is 2. The summed E-state index contributed by atoms with van der Waals surface area (Å²) in [5, 5.41) is 1.57. The smallest absolute Gasteiger partial charge is 0.337 e. The van der Waals surface area contributed by atoms with E-state index < -0.39 is 16.8 Å². The lowest BCUT2D eigenvalue weighted by molar-refractivity contribution is -0.132. The Bertz CT molecular complexity index is 543. The first kappa shape index (κ1) is 23.6. The van der Waals surface area contributed by atoms with Gasteiger partial charge in [-0.1, -0.05) is 39.3 Å². The Balaban J connectivity index is 4.42. The van der Waals surface area contributed by atoms with Crippen LogP contribution in [-0.4, -0.2) is 52.7 Å². The number of carbonyl (C=O) groups excluding carboxylic acids is 2. The molecule has 0 amide bonds. The molecule has 0 N–H and O–H groups in total. The molecule has 0 saturated carbocycles. The van der Waals surface area contributed by atoms with Crippen LogP contribution in [0.1, 0.15) is 26.7 Å². The molecule has 5 nitrogen and oxygen atoms in total. The molecule has 0 fully saturated rings. The van der Waals surface area contributed by atoms with E-state index in [9.17, 15) is 9.59 Å². The lowest BCUT2D eigenvalue weighted by Crippen LogP contribution is -2.23. The summed E-state index contributed by atoms with van der Waals surface area (Å²) >= 11 is 0. The Labute approximate surface area is 154 Å². The van der Waals surface area contributed by atoms with E-state index in [0.29, 0.717) is 37.2 Å². The number of hydrogen-bond donors (Lipinski definition) is 0. The standard InChI is InChI=1S/C18H30O5Si2/c1-13(2)17(19)22-15(24(5)6)9-11-21-12-10-16(25(7)8)23-18(20)14(3)4/h1,3,9-12H2,2,4-8H3. The van der Waals surface area contributed by atoms with Crippen LogP contribution in [0.3, 0.4) is 0 Å². The summed E-state index contributed by atoms with van der Waals surface area (Å²) in [6, 6.07) is 0. The van der Waals surface area contributed by atoms with E-state index >= 15 is 0 Å². The fourth-order valence-electron chi connectivity index (χ4n) is 1.64. The Morgan fingerprint density at radius 3 is 1.32 bits per heavy atom. The van der Waals surface area contributed by atoms with Gasteiger partial charge in [-0.15, -0.1) is 0 Å². The minimum Gasteiger partial charge on any atom is -0.434 e. The molecule has 0 rings (SSSR count). The predicted molar refractivity (Wildman–Crippen MR) is 107 cm³/mol. The molecule has 0 radical (unpaired) electrons. The van der Waals surface area contributed by atoms with Gasteiger partial charge in [-0.3, -0.25) is 0 Å². The Kier molecular flexibility index (Phi) is 11.3. The van der Waals surface area contributed by atoms with Gasteiger partial charge in [0, 0.05) is 24.0 Å². The van der Waals surface area contributed by atoms with Crippen molar-refractivity contribution in [2.45, 2.75) is 52.9 Å². The van der Waals surface area contributed by atoms with Crippen LogP contribution in [0, 0.1) is 0 Å². The first-order chi connectivity index (χ1) is 11.6. The normalized spacial score (nSPS) is 9.84. The van der Waals surface area contributed by atoms with E-state index in [1.165, 1.54) is 0 Å². The van der Waals surface area contributed by atoms with Crippen LogP contribution in [0.15, 0.2) is 24.3 Å². The van der Waals surface area contributed by atoms with Gasteiger partial charge in [-0.2, -0.15) is 0 Å². The Morgan fingerprint density at radius 1 is 0.760 bits per heavy atom. The maximum absolute atomic E-state index is 11.6. The third-order valence-electron chi connectivity index (χ3n) is 3.19. The first-order valence-electron chi connectivity index (χ1n) is 8.22. The van der Waals surface area contributed by atoms with Gasteiger partial charge in [0.05, 0.1) is 40.7 Å². The van der Waals surface area contributed by atoms with E-state index in [-0.39, 0.29) is 11.9 Å². The molecular weight excluding hydrogens is 352 g/mol. The van der Waals surface area contributed by atoms with Crippen LogP contribution in [0.2, 0.25) is 26.2 Å². The highest BCUT2D eigenvalue weighted by Crippen LogP contribution is 2.01. The average molecular weight is 383 g/mol. The van der Waals surface area contributed by atoms with Crippen LogP contribution in [-0.2, 0) is 23.8 Å². The van der Waals surface area contributed by atoms with Gasteiger partial charge in [0.2, 0.25) is 0 Å². The number of carbonyl (C=O) groups is 2. The molecular formula is C18H30O5Si2. The zero-order chi connectivity index (χ0) is 19.6. The largest absolute Gasteiger partial charge is 0.434 e. The fraction of sp³-hybridized carbons (Fsp3) is 0.556. The van der Waals surface area contributed by atoms with E-state index in [1.54, 1.807) is 13.8 Å². The van der Waals surface area contributed by atoms with E-state index in [0.717, 1.165) is 10.7 Å². The van der Waals surface area contributed by atoms with Crippen molar-refractivity contribution in [3.05, 3.63) is 24.3 Å². The van der Waals surface area contributed by atoms with E-state index in [2.05, 4.69) is 39.3 Å². The Morgan fingerprint density at radius 2 is 1.08 bits per heavy atom. The molecule has 0 aromatic heterocycles. The van der Waals surface area contributed by atoms with Gasteiger partial charge in [0.1, 0.15) is 0 Å². The van der Waals surface area contributed by atoms with Crippen LogP contribution < -0.4 is 0 Å². The molecule has 0 unspecified atom stereocenters. The topological polar surface area (TPSA) is 61.8 Å². The maximum Gasteiger partial charge on any atom is 0.337 e. The fourth-order valence-corrected chi connectivity index (χ4v) is 3.43. The molecule has 0 bridgehead atoms. The lowest BCUT2D eigenvalue weighted by atomic mass is 10.3. The Hall–Kier alpha value is -1.45. The highest BCUT2D eigenvalue weighted by atomic mass is 28.2.